The Morgan fingerprint density at radius 2 is 1.73 bits per heavy atom. The van der Waals surface area contributed by atoms with Crippen LogP contribution in [0.3, 0.4) is 0 Å². The van der Waals surface area contributed by atoms with Gasteiger partial charge >= 0.3 is 0 Å². The zero-order valence-corrected chi connectivity index (χ0v) is 8.73. The molecule has 0 saturated carbocycles. The van der Waals surface area contributed by atoms with E-state index in [1.807, 2.05) is 6.92 Å². The molecular formula is C10H21N. The van der Waals surface area contributed by atoms with Gasteiger partial charge in [-0.25, -0.2) is 0 Å². The lowest BCUT2D eigenvalue weighted by atomic mass is 9.87. The first-order valence-electron chi connectivity index (χ1n) is 4.15. The fourth-order valence-corrected chi connectivity index (χ4v) is 0.912. The van der Waals surface area contributed by atoms with E-state index in [0.29, 0.717) is 11.5 Å². The second-order valence-electron chi connectivity index (χ2n) is 4.39. The minimum Gasteiger partial charge on any atom is -0.375 e. The lowest BCUT2D eigenvalue weighted by Gasteiger charge is -2.36. The van der Waals surface area contributed by atoms with Crippen LogP contribution in [0.15, 0.2) is 12.3 Å². The standard InChI is InChI=1S/C10H21N/c1-8(2)11(7)9(3)10(4,5)6/h9H,1H2,2-7H3. The van der Waals surface area contributed by atoms with Crippen LogP contribution in [0.2, 0.25) is 0 Å². The van der Waals surface area contributed by atoms with Crippen LogP contribution in [0.4, 0.5) is 0 Å². The van der Waals surface area contributed by atoms with E-state index >= 15 is 0 Å². The maximum absolute atomic E-state index is 3.92. The van der Waals surface area contributed by atoms with Crippen molar-refractivity contribution >= 4 is 0 Å². The molecule has 1 nitrogen and oxygen atoms in total. The SMILES string of the molecule is C=C(C)N(C)C(C)C(C)(C)C. The van der Waals surface area contributed by atoms with Gasteiger partial charge in [0.1, 0.15) is 0 Å². The molecule has 1 atom stereocenters. The predicted octanol–water partition coefficient (Wildman–Crippen LogP) is 2.89. The van der Waals surface area contributed by atoms with E-state index in [1.54, 1.807) is 0 Å². The first-order chi connectivity index (χ1) is 4.76. The van der Waals surface area contributed by atoms with E-state index in [9.17, 15) is 0 Å². The molecule has 0 N–H and O–H groups in total. The number of rotatable bonds is 2. The Hall–Kier alpha value is -0.460. The van der Waals surface area contributed by atoms with Crippen LogP contribution in [0.1, 0.15) is 34.6 Å². The third kappa shape index (κ3) is 2.96. The molecule has 11 heavy (non-hydrogen) atoms. The van der Waals surface area contributed by atoms with Crippen molar-refractivity contribution in [3.05, 3.63) is 12.3 Å². The Labute approximate surface area is 71.1 Å². The van der Waals surface area contributed by atoms with Gasteiger partial charge < -0.3 is 4.90 Å². The Bertz CT molecular complexity index is 141. The third-order valence-corrected chi connectivity index (χ3v) is 2.44. The van der Waals surface area contributed by atoms with E-state index in [1.165, 1.54) is 0 Å². The second-order valence-corrected chi connectivity index (χ2v) is 4.39. The van der Waals surface area contributed by atoms with Gasteiger partial charge in [0.25, 0.3) is 0 Å². The highest BCUT2D eigenvalue weighted by molar-refractivity contribution is 4.92. The maximum atomic E-state index is 3.92. The molecular weight excluding hydrogens is 134 g/mol. The van der Waals surface area contributed by atoms with Gasteiger partial charge in [-0.15, -0.1) is 0 Å². The zero-order chi connectivity index (χ0) is 9.23. The van der Waals surface area contributed by atoms with Crippen molar-refractivity contribution in [1.82, 2.24) is 4.90 Å². The number of hydrogen-bond donors (Lipinski definition) is 0. The number of nitrogens with zero attached hydrogens (tertiary/aromatic N) is 1. The normalized spacial score (nSPS) is 14.4. The highest BCUT2D eigenvalue weighted by Gasteiger charge is 2.23. The van der Waals surface area contributed by atoms with Crippen molar-refractivity contribution < 1.29 is 0 Å². The van der Waals surface area contributed by atoms with Gasteiger partial charge in [0.15, 0.2) is 0 Å². The van der Waals surface area contributed by atoms with Crippen molar-refractivity contribution in [1.29, 1.82) is 0 Å². The van der Waals surface area contributed by atoms with E-state index in [4.69, 9.17) is 0 Å². The van der Waals surface area contributed by atoms with E-state index in [0.717, 1.165) is 5.70 Å². The zero-order valence-electron chi connectivity index (χ0n) is 8.73. The molecule has 0 radical (unpaired) electrons. The first kappa shape index (κ1) is 10.5. The van der Waals surface area contributed by atoms with Crippen LogP contribution in [0.5, 0.6) is 0 Å². The van der Waals surface area contributed by atoms with Gasteiger partial charge in [0.2, 0.25) is 0 Å². The molecule has 1 unspecified atom stereocenters. The van der Waals surface area contributed by atoms with Crippen LogP contribution in [-0.2, 0) is 0 Å². The fraction of sp³-hybridized carbons (Fsp3) is 0.800. The predicted molar refractivity (Wildman–Crippen MR) is 51.5 cm³/mol. The molecule has 0 aliphatic heterocycles. The summed E-state index contributed by atoms with van der Waals surface area (Å²) in [4.78, 5) is 2.22. The summed E-state index contributed by atoms with van der Waals surface area (Å²) in [5.74, 6) is 0. The van der Waals surface area contributed by atoms with Crippen LogP contribution in [-0.4, -0.2) is 18.0 Å². The monoisotopic (exact) mass is 155 g/mol. The summed E-state index contributed by atoms with van der Waals surface area (Å²) in [6.45, 7) is 14.9. The fourth-order valence-electron chi connectivity index (χ4n) is 0.912. The molecule has 0 fully saturated rings. The largest absolute Gasteiger partial charge is 0.375 e. The molecule has 0 spiro atoms. The van der Waals surface area contributed by atoms with Gasteiger partial charge in [-0.05, 0) is 19.3 Å². The van der Waals surface area contributed by atoms with E-state index < -0.39 is 0 Å². The quantitative estimate of drug-likeness (QED) is 0.592. The molecule has 0 aliphatic rings. The summed E-state index contributed by atoms with van der Waals surface area (Å²) in [5.41, 5.74) is 1.46. The van der Waals surface area contributed by atoms with Crippen molar-refractivity contribution in [3.63, 3.8) is 0 Å². The minimum absolute atomic E-state index is 0.327. The van der Waals surface area contributed by atoms with Crippen LogP contribution < -0.4 is 0 Å². The van der Waals surface area contributed by atoms with Crippen LogP contribution in [0, 0.1) is 5.41 Å². The van der Waals surface area contributed by atoms with Crippen molar-refractivity contribution in [2.24, 2.45) is 5.41 Å². The maximum Gasteiger partial charge on any atom is 0.0303 e. The van der Waals surface area contributed by atoms with Crippen LogP contribution in [0.25, 0.3) is 0 Å². The molecule has 0 rings (SSSR count). The molecule has 0 bridgehead atoms. The Kier molecular flexibility index (Phi) is 3.15. The summed E-state index contributed by atoms with van der Waals surface area (Å²) < 4.78 is 0. The molecule has 0 aliphatic carbocycles. The molecule has 66 valence electrons. The van der Waals surface area contributed by atoms with E-state index in [-0.39, 0.29) is 0 Å². The van der Waals surface area contributed by atoms with Gasteiger partial charge in [-0.1, -0.05) is 27.4 Å². The first-order valence-corrected chi connectivity index (χ1v) is 4.15. The molecule has 0 aromatic carbocycles. The molecule has 0 heterocycles. The second kappa shape index (κ2) is 3.29. The molecule has 0 saturated heterocycles. The van der Waals surface area contributed by atoms with Crippen molar-refractivity contribution in [2.45, 2.75) is 40.7 Å². The molecule has 0 amide bonds. The Balaban J connectivity index is 4.25. The average Bonchev–Trinajstić information content (AvgIpc) is 1.82. The molecule has 0 aromatic heterocycles. The summed E-state index contributed by atoms with van der Waals surface area (Å²) >= 11 is 0. The van der Waals surface area contributed by atoms with Crippen LogP contribution >= 0.6 is 0 Å². The van der Waals surface area contributed by atoms with Crippen molar-refractivity contribution in [3.8, 4) is 0 Å². The van der Waals surface area contributed by atoms with E-state index in [2.05, 4.69) is 46.2 Å². The Morgan fingerprint density at radius 1 is 1.36 bits per heavy atom. The molecule has 0 aromatic rings. The van der Waals surface area contributed by atoms with Crippen molar-refractivity contribution in [2.75, 3.05) is 7.05 Å². The minimum atomic E-state index is 0.327. The lowest BCUT2D eigenvalue weighted by Crippen LogP contribution is -2.37. The van der Waals surface area contributed by atoms with Gasteiger partial charge in [-0.3, -0.25) is 0 Å². The highest BCUT2D eigenvalue weighted by Crippen LogP contribution is 2.24. The third-order valence-electron chi connectivity index (χ3n) is 2.44. The van der Waals surface area contributed by atoms with Gasteiger partial charge in [0.05, 0.1) is 0 Å². The average molecular weight is 155 g/mol. The summed E-state index contributed by atoms with van der Waals surface area (Å²) in [5, 5.41) is 0. The molecule has 1 heteroatoms. The summed E-state index contributed by atoms with van der Waals surface area (Å²) in [6, 6.07) is 0.542. The lowest BCUT2D eigenvalue weighted by molar-refractivity contribution is 0.176. The summed E-state index contributed by atoms with van der Waals surface area (Å²) in [7, 11) is 2.10. The number of hydrogen-bond acceptors (Lipinski definition) is 1. The highest BCUT2D eigenvalue weighted by atomic mass is 15.1. The topological polar surface area (TPSA) is 3.24 Å². The Morgan fingerprint density at radius 3 is 1.82 bits per heavy atom. The smallest absolute Gasteiger partial charge is 0.0303 e. The van der Waals surface area contributed by atoms with Gasteiger partial charge in [-0.2, -0.15) is 0 Å². The number of allylic oxidation sites excluding steroid dienone is 1. The van der Waals surface area contributed by atoms with Gasteiger partial charge in [0, 0.05) is 18.8 Å². The summed E-state index contributed by atoms with van der Waals surface area (Å²) in [6.07, 6.45) is 0.